The Kier molecular flexibility index (Phi) is 4.73. The standard InChI is InChI=1S/C11H18BrN5O/c1-2-17-3-4-18-8(7-17)5-14-10-9(12)6-15-11(13)16-10/h6,8H,2-5,7H2,1H3,(H3,13,14,15,16). The predicted octanol–water partition coefficient (Wildman–Crippen LogP) is 0.954. The number of halogens is 1. The lowest BCUT2D eigenvalue weighted by molar-refractivity contribution is -0.0192. The molecule has 18 heavy (non-hydrogen) atoms. The van der Waals surface area contributed by atoms with Crippen LogP contribution in [0.15, 0.2) is 10.7 Å². The second kappa shape index (κ2) is 6.31. The van der Waals surface area contributed by atoms with Crippen LogP contribution in [0.1, 0.15) is 6.92 Å². The first kappa shape index (κ1) is 13.5. The summed E-state index contributed by atoms with van der Waals surface area (Å²) in [5.41, 5.74) is 5.56. The number of nitrogens with one attached hydrogen (secondary N) is 1. The number of morpholine rings is 1. The van der Waals surface area contributed by atoms with Crippen LogP contribution in [0.4, 0.5) is 11.8 Å². The van der Waals surface area contributed by atoms with Crippen LogP contribution in [-0.4, -0.2) is 53.8 Å². The van der Waals surface area contributed by atoms with Crippen molar-refractivity contribution in [1.29, 1.82) is 0 Å². The number of aromatic nitrogens is 2. The highest BCUT2D eigenvalue weighted by Crippen LogP contribution is 2.19. The Morgan fingerprint density at radius 3 is 3.28 bits per heavy atom. The lowest BCUT2D eigenvalue weighted by Gasteiger charge is -2.32. The normalized spacial score (nSPS) is 20.9. The highest BCUT2D eigenvalue weighted by atomic mass is 79.9. The molecule has 1 aromatic heterocycles. The molecule has 0 bridgehead atoms. The minimum absolute atomic E-state index is 0.182. The second-order valence-corrected chi connectivity index (χ2v) is 5.05. The van der Waals surface area contributed by atoms with Crippen molar-refractivity contribution < 1.29 is 4.74 Å². The molecule has 2 heterocycles. The minimum atomic E-state index is 0.182. The van der Waals surface area contributed by atoms with Crippen LogP contribution in [-0.2, 0) is 4.74 Å². The zero-order chi connectivity index (χ0) is 13.0. The topological polar surface area (TPSA) is 76.3 Å². The van der Waals surface area contributed by atoms with Crippen LogP contribution in [0, 0.1) is 0 Å². The Morgan fingerprint density at radius 2 is 2.50 bits per heavy atom. The molecule has 0 radical (unpaired) electrons. The monoisotopic (exact) mass is 315 g/mol. The zero-order valence-electron chi connectivity index (χ0n) is 10.4. The van der Waals surface area contributed by atoms with Gasteiger partial charge in [-0.3, -0.25) is 4.90 Å². The van der Waals surface area contributed by atoms with E-state index in [1.54, 1.807) is 6.20 Å². The Morgan fingerprint density at radius 1 is 1.67 bits per heavy atom. The Labute approximate surface area is 115 Å². The van der Waals surface area contributed by atoms with Crippen molar-refractivity contribution in [2.24, 2.45) is 0 Å². The van der Waals surface area contributed by atoms with E-state index in [0.29, 0.717) is 12.4 Å². The van der Waals surface area contributed by atoms with E-state index >= 15 is 0 Å². The van der Waals surface area contributed by atoms with Crippen molar-refractivity contribution in [3.05, 3.63) is 10.7 Å². The molecule has 1 fully saturated rings. The van der Waals surface area contributed by atoms with Crippen molar-refractivity contribution in [3.63, 3.8) is 0 Å². The van der Waals surface area contributed by atoms with Crippen LogP contribution in [0.2, 0.25) is 0 Å². The average molecular weight is 316 g/mol. The van der Waals surface area contributed by atoms with Gasteiger partial charge in [-0.25, -0.2) is 4.98 Å². The first-order valence-electron chi connectivity index (χ1n) is 6.05. The Hall–Kier alpha value is -0.920. The molecule has 1 unspecified atom stereocenters. The number of likely N-dealkylation sites (N-methyl/N-ethyl adjacent to an activating group) is 1. The maximum absolute atomic E-state index is 5.71. The summed E-state index contributed by atoms with van der Waals surface area (Å²) in [5.74, 6) is 0.972. The van der Waals surface area contributed by atoms with E-state index in [9.17, 15) is 0 Å². The van der Waals surface area contributed by atoms with Crippen molar-refractivity contribution in [2.45, 2.75) is 13.0 Å². The molecule has 0 saturated carbocycles. The van der Waals surface area contributed by atoms with E-state index in [-0.39, 0.29) is 12.1 Å². The van der Waals surface area contributed by atoms with Crippen molar-refractivity contribution >= 4 is 27.7 Å². The summed E-state index contributed by atoms with van der Waals surface area (Å²) in [6.45, 7) is 6.68. The van der Waals surface area contributed by atoms with E-state index in [0.717, 1.165) is 30.7 Å². The molecule has 1 atom stereocenters. The molecule has 0 aliphatic carbocycles. The van der Waals surface area contributed by atoms with Gasteiger partial charge in [0.1, 0.15) is 5.82 Å². The molecular formula is C11H18BrN5O. The summed E-state index contributed by atoms with van der Waals surface area (Å²) >= 11 is 3.39. The number of nitrogens with two attached hydrogens (primary N) is 1. The third-order valence-electron chi connectivity index (χ3n) is 2.93. The fourth-order valence-electron chi connectivity index (χ4n) is 1.91. The number of nitrogen functional groups attached to an aromatic ring is 1. The Bertz CT molecular complexity index is 403. The number of hydrogen-bond donors (Lipinski definition) is 2. The van der Waals surface area contributed by atoms with Crippen LogP contribution in [0.5, 0.6) is 0 Å². The largest absolute Gasteiger partial charge is 0.374 e. The molecule has 2 rings (SSSR count). The fraction of sp³-hybridized carbons (Fsp3) is 0.636. The quantitative estimate of drug-likeness (QED) is 0.861. The first-order valence-corrected chi connectivity index (χ1v) is 6.84. The number of rotatable bonds is 4. The predicted molar refractivity (Wildman–Crippen MR) is 74.5 cm³/mol. The summed E-state index contributed by atoms with van der Waals surface area (Å²) in [7, 11) is 0. The minimum Gasteiger partial charge on any atom is -0.374 e. The summed E-state index contributed by atoms with van der Waals surface area (Å²) < 4.78 is 6.51. The molecule has 3 N–H and O–H groups in total. The number of ether oxygens (including phenoxy) is 1. The average Bonchev–Trinajstić information content (AvgIpc) is 2.40. The number of hydrogen-bond acceptors (Lipinski definition) is 6. The SMILES string of the molecule is CCN1CCOC(CNc2nc(N)ncc2Br)C1. The van der Waals surface area contributed by atoms with Gasteiger partial charge in [-0.15, -0.1) is 0 Å². The fourth-order valence-corrected chi connectivity index (χ4v) is 2.24. The molecule has 1 aromatic rings. The first-order chi connectivity index (χ1) is 8.69. The van der Waals surface area contributed by atoms with E-state index in [4.69, 9.17) is 10.5 Å². The molecule has 6 nitrogen and oxygen atoms in total. The van der Waals surface area contributed by atoms with Gasteiger partial charge in [-0.2, -0.15) is 4.98 Å². The molecule has 0 spiro atoms. The van der Waals surface area contributed by atoms with E-state index in [2.05, 4.69) is 43.0 Å². The maximum atomic E-state index is 5.71. The van der Waals surface area contributed by atoms with Gasteiger partial charge in [0.2, 0.25) is 5.95 Å². The molecule has 0 aromatic carbocycles. The molecule has 1 saturated heterocycles. The van der Waals surface area contributed by atoms with Gasteiger partial charge in [0.25, 0.3) is 0 Å². The molecule has 0 amide bonds. The van der Waals surface area contributed by atoms with Gasteiger partial charge in [0.05, 0.1) is 17.2 Å². The molecule has 1 aliphatic rings. The van der Waals surface area contributed by atoms with Crippen LogP contribution in [0.3, 0.4) is 0 Å². The third kappa shape index (κ3) is 3.54. The van der Waals surface area contributed by atoms with Crippen molar-refractivity contribution in [1.82, 2.24) is 14.9 Å². The molecular weight excluding hydrogens is 298 g/mol. The second-order valence-electron chi connectivity index (χ2n) is 4.19. The summed E-state index contributed by atoms with van der Waals surface area (Å²) in [4.78, 5) is 10.4. The van der Waals surface area contributed by atoms with E-state index in [1.165, 1.54) is 0 Å². The van der Waals surface area contributed by atoms with Gasteiger partial charge < -0.3 is 15.8 Å². The lowest BCUT2D eigenvalue weighted by Crippen LogP contribution is -2.45. The third-order valence-corrected chi connectivity index (χ3v) is 3.51. The smallest absolute Gasteiger partial charge is 0.221 e. The van der Waals surface area contributed by atoms with Crippen LogP contribution >= 0.6 is 15.9 Å². The highest BCUT2D eigenvalue weighted by molar-refractivity contribution is 9.10. The molecule has 7 heteroatoms. The van der Waals surface area contributed by atoms with Crippen molar-refractivity contribution in [2.75, 3.05) is 43.8 Å². The number of anilines is 2. The summed E-state index contributed by atoms with van der Waals surface area (Å²) in [5, 5.41) is 3.24. The van der Waals surface area contributed by atoms with E-state index < -0.39 is 0 Å². The van der Waals surface area contributed by atoms with Gasteiger partial charge in [0.15, 0.2) is 0 Å². The number of nitrogens with zero attached hydrogens (tertiary/aromatic N) is 3. The van der Waals surface area contributed by atoms with Crippen LogP contribution < -0.4 is 11.1 Å². The zero-order valence-corrected chi connectivity index (χ0v) is 12.0. The lowest BCUT2D eigenvalue weighted by atomic mass is 10.2. The van der Waals surface area contributed by atoms with E-state index in [1.807, 2.05) is 0 Å². The van der Waals surface area contributed by atoms with Gasteiger partial charge in [0, 0.05) is 25.8 Å². The summed E-state index contributed by atoms with van der Waals surface area (Å²) in [6, 6.07) is 0. The molecule has 100 valence electrons. The van der Waals surface area contributed by atoms with Gasteiger partial charge in [-0.05, 0) is 22.5 Å². The maximum Gasteiger partial charge on any atom is 0.221 e. The van der Waals surface area contributed by atoms with Crippen LogP contribution in [0.25, 0.3) is 0 Å². The van der Waals surface area contributed by atoms with Gasteiger partial charge >= 0.3 is 0 Å². The van der Waals surface area contributed by atoms with Gasteiger partial charge in [-0.1, -0.05) is 6.92 Å². The van der Waals surface area contributed by atoms with Crippen molar-refractivity contribution in [3.8, 4) is 0 Å². The molecule has 1 aliphatic heterocycles. The highest BCUT2D eigenvalue weighted by Gasteiger charge is 2.19. The Balaban J connectivity index is 1.89. The summed E-state index contributed by atoms with van der Waals surface area (Å²) in [6.07, 6.45) is 1.83.